The standard InChI is InChI=1S/C28H36OSi2/c1-28(2,3)31(25-17-10-7-11-18-25,26-19-12-8-13-20-26)27(21-14-9-15-23-29)22-16-24-30(4,5)6/h7-15,17-21,23,27H,22H2,1-6H3/b15-9+,21-14+/t27-/m0/s1. The minimum Gasteiger partial charge on any atom is -0.299 e. The number of hydrogen-bond acceptors (Lipinski definition) is 1. The van der Waals surface area contributed by atoms with Gasteiger partial charge in [0, 0.05) is 6.42 Å². The predicted molar refractivity (Wildman–Crippen MR) is 141 cm³/mol. The Kier molecular flexibility index (Phi) is 8.62. The molecule has 0 saturated heterocycles. The molecule has 31 heavy (non-hydrogen) atoms. The van der Waals surface area contributed by atoms with Gasteiger partial charge in [-0.05, 0) is 16.7 Å². The molecule has 0 unspecified atom stereocenters. The van der Waals surface area contributed by atoms with Crippen LogP contribution in [0.2, 0.25) is 30.2 Å². The third-order valence-corrected chi connectivity index (χ3v) is 12.9. The molecule has 0 aliphatic rings. The summed E-state index contributed by atoms with van der Waals surface area (Å²) in [5, 5.41) is 2.91. The molecule has 0 N–H and O–H groups in total. The van der Waals surface area contributed by atoms with Crippen molar-refractivity contribution in [2.45, 2.75) is 57.4 Å². The van der Waals surface area contributed by atoms with Gasteiger partial charge in [0.15, 0.2) is 0 Å². The number of aldehydes is 1. The van der Waals surface area contributed by atoms with Gasteiger partial charge >= 0.3 is 0 Å². The van der Waals surface area contributed by atoms with Crippen molar-refractivity contribution in [3.63, 3.8) is 0 Å². The summed E-state index contributed by atoms with van der Waals surface area (Å²) in [5.74, 6) is 3.58. The molecule has 0 amide bonds. The minimum absolute atomic E-state index is 0.0555. The fourth-order valence-electron chi connectivity index (χ4n) is 4.52. The van der Waals surface area contributed by atoms with E-state index in [-0.39, 0.29) is 10.6 Å². The van der Waals surface area contributed by atoms with Gasteiger partial charge in [0.25, 0.3) is 0 Å². The van der Waals surface area contributed by atoms with E-state index in [2.05, 4.69) is 119 Å². The van der Waals surface area contributed by atoms with Gasteiger partial charge < -0.3 is 0 Å². The molecule has 0 saturated carbocycles. The largest absolute Gasteiger partial charge is 0.299 e. The van der Waals surface area contributed by atoms with Crippen LogP contribution in [0.3, 0.4) is 0 Å². The van der Waals surface area contributed by atoms with Crippen molar-refractivity contribution in [1.82, 2.24) is 0 Å². The van der Waals surface area contributed by atoms with Crippen LogP contribution in [0.5, 0.6) is 0 Å². The molecule has 0 spiro atoms. The maximum Gasteiger partial charge on any atom is 0.142 e. The van der Waals surface area contributed by atoms with Gasteiger partial charge in [-0.15, -0.1) is 11.5 Å². The first-order valence-electron chi connectivity index (χ1n) is 11.0. The quantitative estimate of drug-likeness (QED) is 0.168. The van der Waals surface area contributed by atoms with E-state index in [9.17, 15) is 4.79 Å². The van der Waals surface area contributed by atoms with Crippen molar-refractivity contribution < 1.29 is 4.79 Å². The van der Waals surface area contributed by atoms with Crippen molar-refractivity contribution in [3.05, 3.63) is 85.0 Å². The smallest absolute Gasteiger partial charge is 0.142 e. The third kappa shape index (κ3) is 6.29. The molecular weight excluding hydrogens is 408 g/mol. The Bertz CT molecular complexity index is 910. The van der Waals surface area contributed by atoms with E-state index >= 15 is 0 Å². The summed E-state index contributed by atoms with van der Waals surface area (Å²) in [6.45, 7) is 14.0. The topological polar surface area (TPSA) is 17.1 Å². The summed E-state index contributed by atoms with van der Waals surface area (Å²) >= 11 is 0. The summed E-state index contributed by atoms with van der Waals surface area (Å²) in [4.78, 5) is 10.8. The Morgan fingerprint density at radius 1 is 0.839 bits per heavy atom. The lowest BCUT2D eigenvalue weighted by atomic mass is 10.2. The molecule has 0 aliphatic heterocycles. The van der Waals surface area contributed by atoms with Crippen LogP contribution in [-0.2, 0) is 4.79 Å². The molecule has 1 nitrogen and oxygen atoms in total. The fraction of sp³-hybridized carbons (Fsp3) is 0.321. The summed E-state index contributed by atoms with van der Waals surface area (Å²) in [5.41, 5.74) is 3.86. The second-order valence-corrected chi connectivity index (χ2v) is 19.8. The van der Waals surface area contributed by atoms with Crippen LogP contribution in [0.1, 0.15) is 27.2 Å². The van der Waals surface area contributed by atoms with Crippen LogP contribution >= 0.6 is 0 Å². The number of hydrogen-bond donors (Lipinski definition) is 0. The molecule has 0 bridgehead atoms. The highest BCUT2D eigenvalue weighted by Gasteiger charge is 2.51. The molecule has 0 aliphatic carbocycles. The first-order valence-corrected chi connectivity index (χ1v) is 16.6. The average Bonchev–Trinajstić information content (AvgIpc) is 2.71. The molecule has 2 aromatic rings. The van der Waals surface area contributed by atoms with Crippen LogP contribution in [0.25, 0.3) is 0 Å². The Balaban J connectivity index is 2.81. The summed E-state index contributed by atoms with van der Waals surface area (Å²) < 4.78 is 0. The second kappa shape index (κ2) is 10.7. The monoisotopic (exact) mass is 444 g/mol. The molecule has 2 aromatic carbocycles. The fourth-order valence-corrected chi connectivity index (χ4v) is 11.4. The van der Waals surface area contributed by atoms with Gasteiger partial charge in [-0.2, -0.15) is 0 Å². The minimum atomic E-state index is -2.33. The van der Waals surface area contributed by atoms with E-state index in [1.54, 1.807) is 6.08 Å². The molecule has 0 radical (unpaired) electrons. The molecule has 0 heterocycles. The number of carbonyl (C=O) groups excluding carboxylic acids is 1. The molecular formula is C28H36OSi2. The van der Waals surface area contributed by atoms with E-state index in [4.69, 9.17) is 0 Å². The van der Waals surface area contributed by atoms with Crippen LogP contribution in [0, 0.1) is 11.5 Å². The van der Waals surface area contributed by atoms with Gasteiger partial charge in [-0.1, -0.05) is 130 Å². The van der Waals surface area contributed by atoms with E-state index in [0.29, 0.717) is 0 Å². The highest BCUT2D eigenvalue weighted by Crippen LogP contribution is 2.45. The summed E-state index contributed by atoms with van der Waals surface area (Å²) in [6.07, 6.45) is 9.37. The second-order valence-electron chi connectivity index (χ2n) is 10.1. The summed E-state index contributed by atoms with van der Waals surface area (Å²) in [7, 11) is -3.79. The highest BCUT2D eigenvalue weighted by atomic mass is 28.3. The third-order valence-electron chi connectivity index (χ3n) is 5.63. The number of rotatable bonds is 7. The highest BCUT2D eigenvalue weighted by molar-refractivity contribution is 7.05. The zero-order valence-electron chi connectivity index (χ0n) is 19.9. The van der Waals surface area contributed by atoms with E-state index in [1.165, 1.54) is 10.4 Å². The van der Waals surface area contributed by atoms with E-state index < -0.39 is 16.1 Å². The number of allylic oxidation sites excluding steroid dienone is 4. The van der Waals surface area contributed by atoms with Crippen molar-refractivity contribution in [3.8, 4) is 11.5 Å². The lowest BCUT2D eigenvalue weighted by Gasteiger charge is -2.48. The number of benzene rings is 2. The first kappa shape index (κ1) is 24.8. The van der Waals surface area contributed by atoms with Crippen LogP contribution < -0.4 is 10.4 Å². The van der Waals surface area contributed by atoms with E-state index in [0.717, 1.165) is 12.7 Å². The Labute approximate surface area is 191 Å². The maximum atomic E-state index is 10.8. The Morgan fingerprint density at radius 2 is 1.35 bits per heavy atom. The molecule has 3 heteroatoms. The summed E-state index contributed by atoms with van der Waals surface area (Å²) in [6, 6.07) is 22.0. The molecule has 0 aromatic heterocycles. The Hall–Kier alpha value is -2.42. The average molecular weight is 445 g/mol. The van der Waals surface area contributed by atoms with Crippen molar-refractivity contribution >= 4 is 32.8 Å². The Morgan fingerprint density at radius 3 is 1.77 bits per heavy atom. The van der Waals surface area contributed by atoms with Gasteiger partial charge in [-0.25, -0.2) is 0 Å². The molecule has 162 valence electrons. The lowest BCUT2D eigenvalue weighted by molar-refractivity contribution is -0.104. The molecule has 0 fully saturated rings. The van der Waals surface area contributed by atoms with Crippen molar-refractivity contribution in [2.75, 3.05) is 0 Å². The van der Waals surface area contributed by atoms with Gasteiger partial charge in [0.05, 0.1) is 0 Å². The normalized spacial score (nSPS) is 13.7. The van der Waals surface area contributed by atoms with Crippen LogP contribution in [-0.4, -0.2) is 22.4 Å². The lowest BCUT2D eigenvalue weighted by Crippen LogP contribution is -2.66. The number of carbonyl (C=O) groups is 1. The predicted octanol–water partition coefficient (Wildman–Crippen LogP) is 6.00. The maximum absolute atomic E-state index is 10.8. The van der Waals surface area contributed by atoms with Gasteiger partial charge in [0.2, 0.25) is 0 Å². The van der Waals surface area contributed by atoms with Gasteiger partial charge in [0.1, 0.15) is 22.4 Å². The van der Waals surface area contributed by atoms with Crippen LogP contribution in [0.15, 0.2) is 85.0 Å². The van der Waals surface area contributed by atoms with Crippen molar-refractivity contribution in [1.29, 1.82) is 0 Å². The van der Waals surface area contributed by atoms with Gasteiger partial charge in [-0.3, -0.25) is 4.79 Å². The molecule has 1 atom stereocenters. The zero-order chi connectivity index (χ0) is 23.0. The van der Waals surface area contributed by atoms with E-state index in [1.807, 2.05) is 12.2 Å². The van der Waals surface area contributed by atoms with Crippen LogP contribution in [0.4, 0.5) is 0 Å². The molecule has 2 rings (SSSR count). The first-order chi connectivity index (χ1) is 14.6. The SMILES string of the molecule is CC(C)(C)[Si](c1ccccc1)(c1ccccc1)[C@@H](/C=C/C=C/C=O)CC#C[Si](C)(C)C. The van der Waals surface area contributed by atoms with Crippen molar-refractivity contribution in [2.24, 2.45) is 0 Å². The zero-order valence-corrected chi connectivity index (χ0v) is 21.9.